The van der Waals surface area contributed by atoms with E-state index in [4.69, 9.17) is 9.66 Å². The molecule has 1 aliphatic heterocycles. The zero-order valence-electron chi connectivity index (χ0n) is 12.6. The molecule has 130 valence electrons. The van der Waals surface area contributed by atoms with Gasteiger partial charge < -0.3 is 5.11 Å². The summed E-state index contributed by atoms with van der Waals surface area (Å²) >= 11 is 0. The molecular formula is C12H18N2O7S2. The van der Waals surface area contributed by atoms with Gasteiger partial charge in [0.05, 0.1) is 24.6 Å². The molecule has 23 heavy (non-hydrogen) atoms. The molecule has 0 unspecified atom stereocenters. The highest BCUT2D eigenvalue weighted by Gasteiger charge is 2.22. The predicted molar refractivity (Wildman–Crippen MR) is 84.3 cm³/mol. The lowest BCUT2D eigenvalue weighted by Gasteiger charge is -2.19. The van der Waals surface area contributed by atoms with Gasteiger partial charge in [-0.3, -0.25) is 14.4 Å². The SMILES string of the molecule is CS(=O)(=O)NN1CCc2ccc(CC(=O)O)cc21.CS(=O)(=O)O. The van der Waals surface area contributed by atoms with E-state index in [1.807, 2.05) is 6.07 Å². The molecule has 0 radical (unpaired) electrons. The molecule has 1 aromatic carbocycles. The second-order valence-electron chi connectivity index (χ2n) is 5.03. The number of carbonyl (C=O) groups is 1. The summed E-state index contributed by atoms with van der Waals surface area (Å²) in [5, 5.41) is 10.3. The molecule has 11 heteroatoms. The summed E-state index contributed by atoms with van der Waals surface area (Å²) < 4.78 is 48.3. The largest absolute Gasteiger partial charge is 0.481 e. The molecule has 0 saturated heterocycles. The third-order valence-electron chi connectivity index (χ3n) is 2.68. The van der Waals surface area contributed by atoms with Gasteiger partial charge in [-0.15, -0.1) is 4.83 Å². The Kier molecular flexibility index (Phi) is 6.11. The summed E-state index contributed by atoms with van der Waals surface area (Å²) in [5.74, 6) is -0.907. The second-order valence-corrected chi connectivity index (χ2v) is 8.22. The summed E-state index contributed by atoms with van der Waals surface area (Å²) in [5.41, 5.74) is 2.41. The van der Waals surface area contributed by atoms with E-state index in [0.717, 1.165) is 23.9 Å². The Balaban J connectivity index is 0.000000463. The second kappa shape index (κ2) is 7.25. The molecule has 0 bridgehead atoms. The van der Waals surface area contributed by atoms with Crippen LogP contribution in [-0.2, 0) is 37.8 Å². The van der Waals surface area contributed by atoms with Crippen LogP contribution < -0.4 is 9.84 Å². The van der Waals surface area contributed by atoms with Crippen molar-refractivity contribution in [1.82, 2.24) is 4.83 Å². The van der Waals surface area contributed by atoms with Crippen molar-refractivity contribution in [1.29, 1.82) is 0 Å². The lowest BCUT2D eigenvalue weighted by Crippen LogP contribution is -2.40. The number of carboxylic acid groups (broad SMARTS) is 1. The highest BCUT2D eigenvalue weighted by molar-refractivity contribution is 7.88. The molecule has 0 saturated carbocycles. The third-order valence-corrected chi connectivity index (χ3v) is 3.23. The van der Waals surface area contributed by atoms with E-state index in [2.05, 4.69) is 4.83 Å². The molecular weight excluding hydrogens is 348 g/mol. The van der Waals surface area contributed by atoms with Crippen LogP contribution in [0.25, 0.3) is 0 Å². The first-order valence-corrected chi connectivity index (χ1v) is 10.1. The Labute approximate surface area is 134 Å². The van der Waals surface area contributed by atoms with Crippen LogP contribution in [0.4, 0.5) is 5.69 Å². The highest BCUT2D eigenvalue weighted by atomic mass is 32.2. The first-order valence-electron chi connectivity index (χ1n) is 6.36. The van der Waals surface area contributed by atoms with Gasteiger partial charge >= 0.3 is 5.97 Å². The van der Waals surface area contributed by atoms with Crippen LogP contribution in [0, 0.1) is 0 Å². The summed E-state index contributed by atoms with van der Waals surface area (Å²) in [6, 6.07) is 5.32. The number of anilines is 1. The van der Waals surface area contributed by atoms with E-state index in [1.165, 1.54) is 5.01 Å². The maximum atomic E-state index is 11.2. The zero-order chi connectivity index (χ0) is 17.8. The van der Waals surface area contributed by atoms with Crippen molar-refractivity contribution in [3.05, 3.63) is 29.3 Å². The van der Waals surface area contributed by atoms with Crippen molar-refractivity contribution < 1.29 is 31.3 Å². The number of nitrogens with one attached hydrogen (secondary N) is 1. The number of nitrogens with zero attached hydrogens (tertiary/aromatic N) is 1. The van der Waals surface area contributed by atoms with Crippen LogP contribution in [0.3, 0.4) is 0 Å². The van der Waals surface area contributed by atoms with E-state index in [-0.39, 0.29) is 6.42 Å². The van der Waals surface area contributed by atoms with E-state index in [0.29, 0.717) is 18.4 Å². The standard InChI is InChI=1S/C11H14N2O4S.CH4O3S/c1-18(16,17)12-13-5-4-9-3-2-8(6-10(9)13)7-11(14)15;1-5(2,3)4/h2-3,6,12H,4-5,7H2,1H3,(H,14,15);1H3,(H,2,3,4). The van der Waals surface area contributed by atoms with Crippen LogP contribution in [0.5, 0.6) is 0 Å². The average Bonchev–Trinajstić information content (AvgIpc) is 2.67. The normalized spacial score (nSPS) is 14.0. The molecule has 0 atom stereocenters. The molecule has 0 spiro atoms. The van der Waals surface area contributed by atoms with Crippen LogP contribution >= 0.6 is 0 Å². The molecule has 1 heterocycles. The molecule has 0 aliphatic carbocycles. The van der Waals surface area contributed by atoms with Gasteiger partial charge in [-0.05, 0) is 23.6 Å². The Morgan fingerprint density at radius 1 is 1.26 bits per heavy atom. The fourth-order valence-electron chi connectivity index (χ4n) is 2.00. The number of sulfonamides is 1. The van der Waals surface area contributed by atoms with Gasteiger partial charge in [0.1, 0.15) is 0 Å². The smallest absolute Gasteiger partial charge is 0.307 e. The van der Waals surface area contributed by atoms with Gasteiger partial charge in [0.25, 0.3) is 10.1 Å². The Hall–Kier alpha value is -1.69. The quantitative estimate of drug-likeness (QED) is 0.614. The highest BCUT2D eigenvalue weighted by Crippen LogP contribution is 2.28. The number of fused-ring (bicyclic) bond motifs is 1. The van der Waals surface area contributed by atoms with E-state index >= 15 is 0 Å². The van der Waals surface area contributed by atoms with Gasteiger partial charge in [0.2, 0.25) is 10.0 Å². The fraction of sp³-hybridized carbons (Fsp3) is 0.417. The topological polar surface area (TPSA) is 141 Å². The minimum atomic E-state index is -3.67. The first-order chi connectivity index (χ1) is 10.3. The van der Waals surface area contributed by atoms with Gasteiger partial charge in [-0.1, -0.05) is 12.1 Å². The van der Waals surface area contributed by atoms with Crippen molar-refractivity contribution in [3.63, 3.8) is 0 Å². The average molecular weight is 366 g/mol. The molecule has 1 aliphatic rings. The summed E-state index contributed by atoms with van der Waals surface area (Å²) in [6.07, 6.45) is 2.48. The van der Waals surface area contributed by atoms with Crippen molar-refractivity contribution >= 4 is 31.8 Å². The minimum absolute atomic E-state index is 0.0694. The maximum absolute atomic E-state index is 11.2. The van der Waals surface area contributed by atoms with Gasteiger partial charge in [-0.25, -0.2) is 8.42 Å². The lowest BCUT2D eigenvalue weighted by molar-refractivity contribution is -0.136. The number of carboxylic acids is 1. The number of aliphatic carboxylic acids is 1. The zero-order valence-corrected chi connectivity index (χ0v) is 14.2. The number of hydrogen-bond donors (Lipinski definition) is 3. The van der Waals surface area contributed by atoms with E-state index < -0.39 is 26.1 Å². The van der Waals surface area contributed by atoms with Crippen LogP contribution in [-0.4, -0.2) is 51.5 Å². The van der Waals surface area contributed by atoms with E-state index in [1.54, 1.807) is 12.1 Å². The predicted octanol–water partition coefficient (Wildman–Crippen LogP) is -0.356. The number of hydrazine groups is 1. The van der Waals surface area contributed by atoms with Crippen molar-refractivity contribution in [2.75, 3.05) is 24.1 Å². The molecule has 0 aromatic heterocycles. The summed E-state index contributed by atoms with van der Waals surface area (Å²) in [6.45, 7) is 0.554. The molecule has 9 nitrogen and oxygen atoms in total. The molecule has 1 aromatic rings. The number of benzene rings is 1. The maximum Gasteiger partial charge on any atom is 0.307 e. The monoisotopic (exact) mass is 366 g/mol. The number of hydrogen-bond acceptors (Lipinski definition) is 6. The molecule has 2 rings (SSSR count). The van der Waals surface area contributed by atoms with Crippen LogP contribution in [0.15, 0.2) is 18.2 Å². The van der Waals surface area contributed by atoms with Gasteiger partial charge in [0.15, 0.2) is 0 Å². The Bertz CT molecular complexity index is 780. The Morgan fingerprint density at radius 2 is 1.83 bits per heavy atom. The third kappa shape index (κ3) is 7.93. The summed E-state index contributed by atoms with van der Waals surface area (Å²) in [7, 11) is -6.99. The van der Waals surface area contributed by atoms with E-state index in [9.17, 15) is 21.6 Å². The lowest BCUT2D eigenvalue weighted by atomic mass is 10.1. The molecule has 3 N–H and O–H groups in total. The van der Waals surface area contributed by atoms with Crippen molar-refractivity contribution in [3.8, 4) is 0 Å². The van der Waals surface area contributed by atoms with Gasteiger partial charge in [0, 0.05) is 6.54 Å². The number of rotatable bonds is 4. The van der Waals surface area contributed by atoms with Crippen molar-refractivity contribution in [2.24, 2.45) is 0 Å². The molecule has 0 fully saturated rings. The molecule has 0 amide bonds. The minimum Gasteiger partial charge on any atom is -0.481 e. The van der Waals surface area contributed by atoms with Crippen molar-refractivity contribution in [2.45, 2.75) is 12.8 Å². The Morgan fingerprint density at radius 3 is 2.30 bits per heavy atom. The summed E-state index contributed by atoms with van der Waals surface area (Å²) in [4.78, 5) is 13.1. The van der Waals surface area contributed by atoms with Crippen LogP contribution in [0.1, 0.15) is 11.1 Å². The van der Waals surface area contributed by atoms with Gasteiger partial charge in [-0.2, -0.15) is 8.42 Å². The first kappa shape index (κ1) is 19.4. The fourth-order valence-corrected chi connectivity index (χ4v) is 2.59. The van der Waals surface area contributed by atoms with Crippen LogP contribution in [0.2, 0.25) is 0 Å².